The molecule has 3 aromatic rings. The summed E-state index contributed by atoms with van der Waals surface area (Å²) in [6.45, 7) is 9.92. The molecule has 256 valence electrons. The van der Waals surface area contributed by atoms with Crippen molar-refractivity contribution in [3.05, 3.63) is 88.9 Å². The lowest BCUT2D eigenvalue weighted by Gasteiger charge is -2.55. The third kappa shape index (κ3) is 6.14. The van der Waals surface area contributed by atoms with E-state index in [1.807, 2.05) is 49.3 Å². The quantitative estimate of drug-likeness (QED) is 0.334. The third-order valence-electron chi connectivity index (χ3n) is 10.1. The number of hydrogen-bond donors (Lipinski definition) is 2. The number of hydrazine groups is 1. The van der Waals surface area contributed by atoms with Gasteiger partial charge in [-0.05, 0) is 75.8 Å². The Morgan fingerprint density at radius 3 is 2.61 bits per heavy atom. The average Bonchev–Trinajstić information content (AvgIpc) is 3.86. The van der Waals surface area contributed by atoms with Gasteiger partial charge < -0.3 is 19.1 Å². The second kappa shape index (κ2) is 12.1. The molecule has 1 aromatic carbocycles. The summed E-state index contributed by atoms with van der Waals surface area (Å²) in [6.07, 6.45) is 12.2. The molecule has 11 nitrogen and oxygen atoms in total. The highest BCUT2D eigenvalue weighted by Crippen LogP contribution is 2.43. The van der Waals surface area contributed by atoms with Crippen molar-refractivity contribution in [3.63, 3.8) is 0 Å². The number of piperidine rings is 1. The van der Waals surface area contributed by atoms with Crippen molar-refractivity contribution in [2.24, 2.45) is 5.41 Å². The number of imidazole rings is 1. The molecule has 2 N–H and O–H groups in total. The van der Waals surface area contributed by atoms with E-state index in [1.165, 1.54) is 11.3 Å². The maximum Gasteiger partial charge on any atom is 0.410 e. The van der Waals surface area contributed by atoms with Crippen molar-refractivity contribution in [2.45, 2.75) is 70.7 Å². The Balaban J connectivity index is 0.933. The number of hydrogen-bond acceptors (Lipinski definition) is 9. The van der Waals surface area contributed by atoms with Gasteiger partial charge in [0, 0.05) is 72.9 Å². The monoisotopic (exact) mass is 684 g/mol. The van der Waals surface area contributed by atoms with Gasteiger partial charge in [0.25, 0.3) is 5.91 Å². The van der Waals surface area contributed by atoms with Crippen LogP contribution in [0, 0.1) is 5.41 Å². The first-order valence-corrected chi connectivity index (χ1v) is 17.9. The summed E-state index contributed by atoms with van der Waals surface area (Å²) in [6, 6.07) is 7.05. The van der Waals surface area contributed by atoms with Crippen LogP contribution in [0.15, 0.2) is 71.9 Å². The van der Waals surface area contributed by atoms with Crippen LogP contribution in [0.25, 0.3) is 5.57 Å². The topological polar surface area (TPSA) is 108 Å². The second-order valence-electron chi connectivity index (χ2n) is 14.7. The molecular formula is C36H41FN8O3S. The molecule has 0 saturated carbocycles. The highest BCUT2D eigenvalue weighted by atomic mass is 32.1. The number of anilines is 2. The van der Waals surface area contributed by atoms with Crippen LogP contribution in [-0.4, -0.2) is 74.3 Å². The zero-order valence-corrected chi connectivity index (χ0v) is 28.8. The van der Waals surface area contributed by atoms with Crippen LogP contribution in [0.5, 0.6) is 0 Å². The molecule has 2 atom stereocenters. The molecule has 8 rings (SSSR count). The summed E-state index contributed by atoms with van der Waals surface area (Å²) in [7, 11) is 0. The molecule has 2 aromatic heterocycles. The van der Waals surface area contributed by atoms with Crippen LogP contribution in [0.1, 0.15) is 63.0 Å². The maximum atomic E-state index is 15.7. The Hall–Kier alpha value is -4.49. The lowest BCUT2D eigenvalue weighted by molar-refractivity contribution is -0.121. The van der Waals surface area contributed by atoms with Crippen LogP contribution in [0.2, 0.25) is 0 Å². The Morgan fingerprint density at radius 2 is 1.90 bits per heavy atom. The van der Waals surface area contributed by atoms with Gasteiger partial charge in [0.2, 0.25) is 0 Å². The van der Waals surface area contributed by atoms with Crippen molar-refractivity contribution in [3.8, 4) is 0 Å². The number of thiazole rings is 1. The molecule has 0 bridgehead atoms. The van der Waals surface area contributed by atoms with E-state index < -0.39 is 17.7 Å². The Bertz CT molecular complexity index is 1840. The van der Waals surface area contributed by atoms with Gasteiger partial charge in [0.1, 0.15) is 11.4 Å². The number of amides is 2. The van der Waals surface area contributed by atoms with Crippen molar-refractivity contribution >= 4 is 39.7 Å². The molecule has 2 unspecified atom stereocenters. The number of halogens is 1. The molecule has 4 aliphatic heterocycles. The van der Waals surface area contributed by atoms with Gasteiger partial charge in [-0.3, -0.25) is 15.1 Å². The van der Waals surface area contributed by atoms with Gasteiger partial charge in [-0.2, -0.15) is 0 Å². The van der Waals surface area contributed by atoms with E-state index in [4.69, 9.17) is 4.74 Å². The normalized spacial score (nSPS) is 21.8. The van der Waals surface area contributed by atoms with Gasteiger partial charge in [-0.1, -0.05) is 18.2 Å². The maximum absolute atomic E-state index is 15.7. The van der Waals surface area contributed by atoms with E-state index in [9.17, 15) is 9.59 Å². The van der Waals surface area contributed by atoms with Gasteiger partial charge >= 0.3 is 6.09 Å². The number of benzene rings is 1. The van der Waals surface area contributed by atoms with E-state index in [0.29, 0.717) is 16.4 Å². The fourth-order valence-corrected chi connectivity index (χ4v) is 8.13. The number of allylic oxidation sites excluding steroid dienone is 2. The second-order valence-corrected chi connectivity index (χ2v) is 15.6. The number of nitrogens with one attached hydrogen (secondary N) is 2. The average molecular weight is 685 g/mol. The number of carbonyl (C=O) groups excluding carboxylic acids is 2. The molecule has 5 aliphatic rings. The summed E-state index contributed by atoms with van der Waals surface area (Å²) < 4.78 is 23.4. The van der Waals surface area contributed by atoms with Gasteiger partial charge in [-0.15, -0.1) is 11.3 Å². The Kier molecular flexibility index (Phi) is 7.86. The van der Waals surface area contributed by atoms with E-state index >= 15 is 4.39 Å². The molecule has 13 heteroatoms. The number of carbonyl (C=O) groups is 2. The van der Waals surface area contributed by atoms with Crippen LogP contribution in [-0.2, 0) is 22.5 Å². The largest absolute Gasteiger partial charge is 0.444 e. The molecule has 6 heterocycles. The molecule has 0 radical (unpaired) electrons. The summed E-state index contributed by atoms with van der Waals surface area (Å²) in [5, 5.41) is 6.93. The molecule has 1 aliphatic carbocycles. The number of nitrogens with zero attached hydrogens (tertiary/aromatic N) is 6. The summed E-state index contributed by atoms with van der Waals surface area (Å²) >= 11 is 1.35. The summed E-state index contributed by atoms with van der Waals surface area (Å²) in [4.78, 5) is 39.3. The zero-order valence-electron chi connectivity index (χ0n) is 28.0. The summed E-state index contributed by atoms with van der Waals surface area (Å²) in [5.41, 5.74) is 8.13. The fourth-order valence-electron chi connectivity index (χ4n) is 7.60. The zero-order chi connectivity index (χ0) is 33.9. The Labute approximate surface area is 289 Å². The van der Waals surface area contributed by atoms with Gasteiger partial charge in [0.05, 0.1) is 18.1 Å². The molecule has 2 fully saturated rings. The lowest BCUT2D eigenvalue weighted by Crippen LogP contribution is -2.61. The number of rotatable bonds is 6. The van der Waals surface area contributed by atoms with Crippen LogP contribution < -0.4 is 15.6 Å². The van der Waals surface area contributed by atoms with Crippen molar-refractivity contribution in [1.82, 2.24) is 29.9 Å². The van der Waals surface area contributed by atoms with E-state index in [1.54, 1.807) is 29.8 Å². The Morgan fingerprint density at radius 1 is 1.12 bits per heavy atom. The van der Waals surface area contributed by atoms with Gasteiger partial charge in [-0.25, -0.2) is 24.6 Å². The lowest BCUT2D eigenvalue weighted by atomic mass is 9.72. The van der Waals surface area contributed by atoms with E-state index in [0.717, 1.165) is 80.9 Å². The molecular weight excluding hydrogens is 644 g/mol. The minimum atomic E-state index is -0.801. The fraction of sp³-hybridized carbons (Fsp3) is 0.444. The standard InChI is InChI=1S/C36H41FN8O3S/c1-35(2,3)48-34(47)42-14-10-36(11-15-42)20-44(21-36)25-8-6-23(7-9-25)24-17-27(37)26-19-45(41-28(26)18-24)31(32(46)40-33-38-12-16-49-33)30-29-5-4-13-43(29)22-39-30/h6-9,12,16-19,22,28,31,41H,4-5,10-11,13-15,20-21H2,1-3H3,(H,38,40,46). The van der Waals surface area contributed by atoms with Crippen LogP contribution >= 0.6 is 11.3 Å². The minimum Gasteiger partial charge on any atom is -0.444 e. The number of ether oxygens (including phenoxy) is 1. The molecule has 49 heavy (non-hydrogen) atoms. The number of likely N-dealkylation sites (tertiary alicyclic amines) is 1. The number of aryl methyl sites for hydroxylation is 1. The molecule has 1 spiro atoms. The van der Waals surface area contributed by atoms with Gasteiger partial charge in [0.15, 0.2) is 11.2 Å². The highest BCUT2D eigenvalue weighted by molar-refractivity contribution is 7.13. The molecule has 2 amide bonds. The molecule has 2 saturated heterocycles. The van der Waals surface area contributed by atoms with Crippen molar-refractivity contribution < 1.29 is 18.7 Å². The summed E-state index contributed by atoms with van der Waals surface area (Å²) in [5.74, 6) is -0.616. The first kappa shape index (κ1) is 31.8. The first-order valence-electron chi connectivity index (χ1n) is 17.0. The predicted molar refractivity (Wildman–Crippen MR) is 186 cm³/mol. The number of fused-ring (bicyclic) bond motifs is 2. The predicted octanol–water partition coefficient (Wildman–Crippen LogP) is 5.83. The highest BCUT2D eigenvalue weighted by Gasteiger charge is 2.46. The van der Waals surface area contributed by atoms with Crippen molar-refractivity contribution in [2.75, 3.05) is 36.4 Å². The van der Waals surface area contributed by atoms with Crippen LogP contribution in [0.4, 0.5) is 20.0 Å². The first-order chi connectivity index (χ1) is 23.5. The third-order valence-corrected chi connectivity index (χ3v) is 10.8. The minimum absolute atomic E-state index is 0.224. The van der Waals surface area contributed by atoms with Crippen LogP contribution in [0.3, 0.4) is 0 Å². The smallest absolute Gasteiger partial charge is 0.410 e. The van der Waals surface area contributed by atoms with Crippen molar-refractivity contribution in [1.29, 1.82) is 0 Å². The van der Waals surface area contributed by atoms with E-state index in [-0.39, 0.29) is 23.2 Å². The number of aromatic nitrogens is 3. The van der Waals surface area contributed by atoms with E-state index in [2.05, 4.69) is 42.3 Å². The SMILES string of the molecule is CC(C)(C)OC(=O)N1CCC2(CC1)CN(c1ccc(C3=CC4NN(C(C(=O)Nc5nccs5)c5ncn6c5CCC6)C=C4C(F)=C3)cc1)C2.